The fraction of sp³-hybridized carbons (Fsp3) is 0.0588. The average Bonchev–Trinajstić information content (AvgIpc) is 2.49. The topological polar surface area (TPSA) is 12.0 Å². The first kappa shape index (κ1) is 10.8. The van der Waals surface area contributed by atoms with Crippen LogP contribution in [0.15, 0.2) is 66.7 Å². The van der Waals surface area contributed by atoms with Crippen molar-refractivity contribution in [3.63, 3.8) is 0 Å². The van der Waals surface area contributed by atoms with E-state index in [0.29, 0.717) is 0 Å². The number of dihydropyridines is 1. The van der Waals surface area contributed by atoms with E-state index in [0.717, 1.165) is 17.8 Å². The van der Waals surface area contributed by atoms with E-state index in [1.165, 1.54) is 11.1 Å². The van der Waals surface area contributed by atoms with E-state index in [2.05, 4.69) is 59.9 Å². The number of nitrogens with one attached hydrogen (secondary N) is 1. The number of benzene rings is 2. The van der Waals surface area contributed by atoms with Gasteiger partial charge < -0.3 is 5.32 Å². The summed E-state index contributed by atoms with van der Waals surface area (Å²) in [6.45, 7) is 0.834. The molecule has 0 spiro atoms. The van der Waals surface area contributed by atoms with Crippen molar-refractivity contribution < 1.29 is 0 Å². The highest BCUT2D eigenvalue weighted by atomic mass is 14.9. The average molecular weight is 232 g/mol. The van der Waals surface area contributed by atoms with Gasteiger partial charge in [-0.25, -0.2) is 0 Å². The van der Waals surface area contributed by atoms with Gasteiger partial charge in [-0.3, -0.25) is 0 Å². The molecule has 18 heavy (non-hydrogen) atoms. The van der Waals surface area contributed by atoms with Crippen molar-refractivity contribution in [2.24, 2.45) is 0 Å². The first-order valence-electron chi connectivity index (χ1n) is 6.12. The normalized spacial score (nSPS) is 14.4. The van der Waals surface area contributed by atoms with Gasteiger partial charge in [0, 0.05) is 12.1 Å². The Balaban J connectivity index is 2.13. The van der Waals surface area contributed by atoms with Gasteiger partial charge in [-0.2, -0.15) is 0 Å². The van der Waals surface area contributed by atoms with Gasteiger partial charge >= 0.3 is 0 Å². The molecule has 1 aliphatic rings. The molecule has 0 unspecified atom stereocenters. The van der Waals surface area contributed by atoms with Gasteiger partial charge in [0.1, 0.15) is 0 Å². The molecule has 0 aromatic heterocycles. The molecule has 1 radical (unpaired) electrons. The summed E-state index contributed by atoms with van der Waals surface area (Å²) in [5.41, 5.74) is 4.69. The summed E-state index contributed by atoms with van der Waals surface area (Å²) in [5.74, 6) is 0. The predicted molar refractivity (Wildman–Crippen MR) is 75.5 cm³/mol. The number of hydrogen-bond acceptors (Lipinski definition) is 1. The lowest BCUT2D eigenvalue weighted by Gasteiger charge is -2.18. The zero-order chi connectivity index (χ0) is 12.2. The molecule has 1 heterocycles. The molecule has 87 valence electrons. The van der Waals surface area contributed by atoms with Gasteiger partial charge in [0.25, 0.3) is 0 Å². The monoisotopic (exact) mass is 232 g/mol. The van der Waals surface area contributed by atoms with Crippen molar-refractivity contribution in [2.75, 3.05) is 6.54 Å². The number of rotatable bonds is 2. The lowest BCUT2D eigenvalue weighted by atomic mass is 9.97. The molecular weight excluding hydrogens is 218 g/mol. The summed E-state index contributed by atoms with van der Waals surface area (Å²) >= 11 is 0. The van der Waals surface area contributed by atoms with Crippen LogP contribution in [0, 0.1) is 6.08 Å². The highest BCUT2D eigenvalue weighted by Crippen LogP contribution is 2.26. The van der Waals surface area contributed by atoms with Crippen LogP contribution in [-0.4, -0.2) is 6.54 Å². The van der Waals surface area contributed by atoms with E-state index >= 15 is 0 Å². The van der Waals surface area contributed by atoms with Gasteiger partial charge in [0.2, 0.25) is 0 Å². The maximum atomic E-state index is 3.45. The third-order valence-corrected chi connectivity index (χ3v) is 3.00. The lowest BCUT2D eigenvalue weighted by molar-refractivity contribution is 0.995. The summed E-state index contributed by atoms with van der Waals surface area (Å²) in [5, 5.41) is 3.45. The maximum absolute atomic E-state index is 3.45. The Hall–Kier alpha value is -2.28. The van der Waals surface area contributed by atoms with Crippen LogP contribution in [0.1, 0.15) is 11.1 Å². The van der Waals surface area contributed by atoms with Crippen molar-refractivity contribution in [3.05, 3.63) is 83.9 Å². The van der Waals surface area contributed by atoms with Crippen LogP contribution in [0.2, 0.25) is 0 Å². The van der Waals surface area contributed by atoms with Gasteiger partial charge in [0.05, 0.1) is 5.70 Å². The molecule has 0 saturated carbocycles. The summed E-state index contributed by atoms with van der Waals surface area (Å²) in [6.07, 6.45) is 5.41. The zero-order valence-corrected chi connectivity index (χ0v) is 10.1. The Labute approximate surface area is 107 Å². The summed E-state index contributed by atoms with van der Waals surface area (Å²) < 4.78 is 0. The molecule has 2 aromatic rings. The van der Waals surface area contributed by atoms with Crippen molar-refractivity contribution in [3.8, 4) is 0 Å². The molecule has 0 bridgehead atoms. The van der Waals surface area contributed by atoms with Crippen molar-refractivity contribution in [2.45, 2.75) is 0 Å². The van der Waals surface area contributed by atoms with E-state index < -0.39 is 0 Å². The van der Waals surface area contributed by atoms with Crippen LogP contribution < -0.4 is 5.32 Å². The molecular formula is C17H14N. The zero-order valence-electron chi connectivity index (χ0n) is 10.1. The van der Waals surface area contributed by atoms with Gasteiger partial charge in [-0.15, -0.1) is 0 Å². The van der Waals surface area contributed by atoms with E-state index in [4.69, 9.17) is 0 Å². The van der Waals surface area contributed by atoms with Crippen LogP contribution in [-0.2, 0) is 0 Å². The van der Waals surface area contributed by atoms with Gasteiger partial charge in [0.15, 0.2) is 0 Å². The molecule has 0 fully saturated rings. The second-order valence-corrected chi connectivity index (χ2v) is 4.21. The number of hydrogen-bond donors (Lipinski definition) is 1. The molecule has 2 aromatic carbocycles. The Morgan fingerprint density at radius 1 is 0.778 bits per heavy atom. The molecule has 0 atom stereocenters. The number of allylic oxidation sites excluding steroid dienone is 2. The second kappa shape index (κ2) is 4.92. The first-order valence-corrected chi connectivity index (χ1v) is 6.12. The third kappa shape index (κ3) is 2.07. The maximum Gasteiger partial charge on any atom is 0.0502 e. The second-order valence-electron chi connectivity index (χ2n) is 4.21. The van der Waals surface area contributed by atoms with Crippen molar-refractivity contribution in [1.29, 1.82) is 0 Å². The summed E-state index contributed by atoms with van der Waals surface area (Å²) in [6, 6.07) is 20.8. The minimum atomic E-state index is 0.834. The van der Waals surface area contributed by atoms with Crippen LogP contribution in [0.4, 0.5) is 0 Å². The van der Waals surface area contributed by atoms with Crippen molar-refractivity contribution >= 4 is 11.3 Å². The quantitative estimate of drug-likeness (QED) is 0.835. The third-order valence-electron chi connectivity index (χ3n) is 3.00. The van der Waals surface area contributed by atoms with Gasteiger partial charge in [-0.05, 0) is 17.2 Å². The SMILES string of the molecule is [C]1=CCNC(c2ccccc2)=C1c1ccccc1. The molecule has 1 aliphatic heterocycles. The molecule has 1 nitrogen and oxygen atoms in total. The van der Waals surface area contributed by atoms with Crippen LogP contribution in [0.25, 0.3) is 11.3 Å². The first-order chi connectivity index (χ1) is 8.95. The minimum absolute atomic E-state index is 0.834. The predicted octanol–water partition coefficient (Wildman–Crippen LogP) is 3.52. The molecule has 0 aliphatic carbocycles. The largest absolute Gasteiger partial charge is 0.381 e. The lowest BCUT2D eigenvalue weighted by Crippen LogP contribution is -2.17. The smallest absolute Gasteiger partial charge is 0.0502 e. The highest BCUT2D eigenvalue weighted by Gasteiger charge is 2.11. The molecule has 1 N–H and O–H groups in total. The minimum Gasteiger partial charge on any atom is -0.381 e. The molecule has 0 saturated heterocycles. The fourth-order valence-electron chi connectivity index (χ4n) is 2.15. The van der Waals surface area contributed by atoms with E-state index in [1.807, 2.05) is 18.2 Å². The van der Waals surface area contributed by atoms with Crippen LogP contribution >= 0.6 is 0 Å². The van der Waals surface area contributed by atoms with Crippen LogP contribution in [0.3, 0.4) is 0 Å². The highest BCUT2D eigenvalue weighted by molar-refractivity contribution is 5.93. The summed E-state index contributed by atoms with van der Waals surface area (Å²) in [7, 11) is 0. The Kier molecular flexibility index (Phi) is 2.97. The molecule has 1 heteroatoms. The fourth-order valence-corrected chi connectivity index (χ4v) is 2.15. The Morgan fingerprint density at radius 3 is 2.06 bits per heavy atom. The van der Waals surface area contributed by atoms with E-state index in [-0.39, 0.29) is 0 Å². The van der Waals surface area contributed by atoms with Crippen molar-refractivity contribution in [1.82, 2.24) is 5.32 Å². The summed E-state index contributed by atoms with van der Waals surface area (Å²) in [4.78, 5) is 0. The van der Waals surface area contributed by atoms with Gasteiger partial charge in [-0.1, -0.05) is 66.7 Å². The van der Waals surface area contributed by atoms with Crippen LogP contribution in [0.5, 0.6) is 0 Å². The Morgan fingerprint density at radius 2 is 1.39 bits per heavy atom. The van der Waals surface area contributed by atoms with E-state index in [1.54, 1.807) is 0 Å². The molecule has 0 amide bonds. The van der Waals surface area contributed by atoms with E-state index in [9.17, 15) is 0 Å². The molecule has 3 rings (SSSR count). The standard InChI is InChI=1S/C17H14N/c1-3-8-14(9-4-1)16-12-7-13-18-17(16)15-10-5-2-6-11-15/h1-11,18H,13H2. The Bertz CT molecular complexity index is 580.